The maximum absolute atomic E-state index is 12.1. The number of benzene rings is 1. The quantitative estimate of drug-likeness (QED) is 0.785. The first-order chi connectivity index (χ1) is 9.10. The minimum absolute atomic E-state index is 0.0899. The lowest BCUT2D eigenvalue weighted by Gasteiger charge is -2.20. The predicted molar refractivity (Wildman–Crippen MR) is 78.8 cm³/mol. The molecule has 1 aromatic carbocycles. The first kappa shape index (κ1) is 14.5. The molecule has 6 heteroatoms. The number of carbonyl (C=O) groups excluding carboxylic acids is 1. The van der Waals surface area contributed by atoms with Crippen LogP contribution in [0.15, 0.2) is 12.1 Å². The van der Waals surface area contributed by atoms with E-state index in [1.807, 2.05) is 0 Å². The van der Waals surface area contributed by atoms with Gasteiger partial charge in [0.2, 0.25) is 5.91 Å². The van der Waals surface area contributed by atoms with Crippen LogP contribution in [0.4, 0.5) is 5.69 Å². The number of amides is 1. The molecule has 19 heavy (non-hydrogen) atoms. The van der Waals surface area contributed by atoms with Crippen molar-refractivity contribution in [1.29, 1.82) is 0 Å². The smallest absolute Gasteiger partial charge is 0.227 e. The van der Waals surface area contributed by atoms with Crippen LogP contribution in [0.2, 0.25) is 5.02 Å². The van der Waals surface area contributed by atoms with E-state index in [9.17, 15) is 4.79 Å². The highest BCUT2D eigenvalue weighted by atomic mass is 79.9. The molecule has 0 aromatic heterocycles. The van der Waals surface area contributed by atoms with E-state index in [1.165, 1.54) is 0 Å². The summed E-state index contributed by atoms with van der Waals surface area (Å²) in [5.74, 6) is 1.52. The Kier molecular flexibility index (Phi) is 4.58. The summed E-state index contributed by atoms with van der Waals surface area (Å²) < 4.78 is 10.5. The van der Waals surface area contributed by atoms with Crippen LogP contribution >= 0.6 is 27.5 Å². The van der Waals surface area contributed by atoms with E-state index < -0.39 is 0 Å². The van der Waals surface area contributed by atoms with Crippen LogP contribution in [0.3, 0.4) is 0 Å². The van der Waals surface area contributed by atoms with Gasteiger partial charge in [0.15, 0.2) is 0 Å². The molecular formula is C13H15BrClNO3. The van der Waals surface area contributed by atoms with Crippen molar-refractivity contribution >= 4 is 39.1 Å². The molecule has 1 unspecified atom stereocenters. The van der Waals surface area contributed by atoms with E-state index in [-0.39, 0.29) is 5.91 Å². The molecule has 1 aliphatic heterocycles. The molecule has 0 bridgehead atoms. The van der Waals surface area contributed by atoms with E-state index in [1.54, 1.807) is 31.3 Å². The summed E-state index contributed by atoms with van der Waals surface area (Å²) in [4.78, 5) is 13.8. The summed E-state index contributed by atoms with van der Waals surface area (Å²) in [7, 11) is 3.11. The highest BCUT2D eigenvalue weighted by Crippen LogP contribution is 2.40. The largest absolute Gasteiger partial charge is 0.495 e. The van der Waals surface area contributed by atoms with Crippen molar-refractivity contribution in [2.75, 3.05) is 31.0 Å². The van der Waals surface area contributed by atoms with E-state index in [0.717, 1.165) is 5.33 Å². The third-order valence-corrected chi connectivity index (χ3v) is 4.38. The normalized spacial score (nSPS) is 18.8. The fourth-order valence-electron chi connectivity index (χ4n) is 2.17. The van der Waals surface area contributed by atoms with Crippen molar-refractivity contribution in [2.24, 2.45) is 5.92 Å². The molecule has 1 heterocycles. The van der Waals surface area contributed by atoms with Crippen molar-refractivity contribution in [2.45, 2.75) is 6.42 Å². The van der Waals surface area contributed by atoms with Crippen LogP contribution in [0, 0.1) is 5.92 Å². The Balaban J connectivity index is 2.40. The van der Waals surface area contributed by atoms with Crippen molar-refractivity contribution < 1.29 is 14.3 Å². The first-order valence-electron chi connectivity index (χ1n) is 5.88. The Labute approximate surface area is 125 Å². The number of alkyl halides is 1. The molecule has 0 aliphatic carbocycles. The topological polar surface area (TPSA) is 38.8 Å². The number of methoxy groups -OCH3 is 2. The summed E-state index contributed by atoms with van der Waals surface area (Å²) in [5.41, 5.74) is 0.706. The van der Waals surface area contributed by atoms with E-state index >= 15 is 0 Å². The molecule has 1 fully saturated rings. The maximum Gasteiger partial charge on any atom is 0.227 e. The number of rotatable bonds is 4. The summed E-state index contributed by atoms with van der Waals surface area (Å²) >= 11 is 9.49. The Bertz CT molecular complexity index is 495. The maximum atomic E-state index is 12.1. The standard InChI is InChI=1S/C13H15BrClNO3/c1-18-11-5-10(12(19-2)4-9(11)15)16-7-8(6-14)3-13(16)17/h4-5,8H,3,6-7H2,1-2H3. The van der Waals surface area contributed by atoms with Crippen molar-refractivity contribution in [1.82, 2.24) is 0 Å². The minimum atomic E-state index is 0.0899. The van der Waals surface area contributed by atoms with Gasteiger partial charge in [0, 0.05) is 30.4 Å². The Morgan fingerprint density at radius 1 is 1.37 bits per heavy atom. The molecule has 1 aliphatic rings. The lowest BCUT2D eigenvalue weighted by atomic mass is 10.2. The van der Waals surface area contributed by atoms with Crippen molar-refractivity contribution in [3.05, 3.63) is 17.2 Å². The Morgan fingerprint density at radius 2 is 2.05 bits per heavy atom. The van der Waals surface area contributed by atoms with Gasteiger partial charge in [-0.3, -0.25) is 4.79 Å². The molecule has 0 saturated carbocycles. The lowest BCUT2D eigenvalue weighted by Crippen LogP contribution is -2.25. The van der Waals surface area contributed by atoms with Gasteiger partial charge in [-0.2, -0.15) is 0 Å². The monoisotopic (exact) mass is 347 g/mol. The molecule has 1 amide bonds. The van der Waals surface area contributed by atoms with Crippen molar-refractivity contribution in [3.8, 4) is 11.5 Å². The van der Waals surface area contributed by atoms with Crippen LogP contribution in [0.5, 0.6) is 11.5 Å². The molecule has 0 radical (unpaired) electrons. The van der Waals surface area contributed by atoms with Gasteiger partial charge >= 0.3 is 0 Å². The summed E-state index contributed by atoms with van der Waals surface area (Å²) in [6.07, 6.45) is 0.541. The highest BCUT2D eigenvalue weighted by Gasteiger charge is 2.32. The average molecular weight is 349 g/mol. The van der Waals surface area contributed by atoms with E-state index in [4.69, 9.17) is 21.1 Å². The molecule has 1 aromatic rings. The first-order valence-corrected chi connectivity index (χ1v) is 7.38. The van der Waals surface area contributed by atoms with Crippen LogP contribution in [0.25, 0.3) is 0 Å². The fraction of sp³-hybridized carbons (Fsp3) is 0.462. The predicted octanol–water partition coefficient (Wildman–Crippen LogP) is 3.11. The number of ether oxygens (including phenoxy) is 2. The zero-order valence-corrected chi connectivity index (χ0v) is 13.1. The third-order valence-electron chi connectivity index (χ3n) is 3.17. The van der Waals surface area contributed by atoms with Gasteiger partial charge in [0.1, 0.15) is 11.5 Å². The van der Waals surface area contributed by atoms with Gasteiger partial charge in [-0.05, 0) is 5.92 Å². The van der Waals surface area contributed by atoms with Crippen LogP contribution in [-0.4, -0.2) is 32.0 Å². The number of carbonyl (C=O) groups is 1. The number of hydrogen-bond acceptors (Lipinski definition) is 3. The Morgan fingerprint density at radius 3 is 2.58 bits per heavy atom. The van der Waals surface area contributed by atoms with E-state index in [0.29, 0.717) is 41.1 Å². The lowest BCUT2D eigenvalue weighted by molar-refractivity contribution is -0.117. The highest BCUT2D eigenvalue weighted by molar-refractivity contribution is 9.09. The van der Waals surface area contributed by atoms with Gasteiger partial charge in [0.25, 0.3) is 0 Å². The fourth-order valence-corrected chi connectivity index (χ4v) is 2.84. The minimum Gasteiger partial charge on any atom is -0.495 e. The molecule has 0 N–H and O–H groups in total. The zero-order valence-electron chi connectivity index (χ0n) is 10.8. The molecular weight excluding hydrogens is 334 g/mol. The summed E-state index contributed by atoms with van der Waals surface area (Å²) in [6, 6.07) is 3.42. The number of halogens is 2. The van der Waals surface area contributed by atoms with Gasteiger partial charge in [-0.15, -0.1) is 0 Å². The molecule has 1 atom stereocenters. The molecule has 1 saturated heterocycles. The Hall–Kier alpha value is -0.940. The molecule has 2 rings (SSSR count). The van der Waals surface area contributed by atoms with Gasteiger partial charge < -0.3 is 14.4 Å². The summed E-state index contributed by atoms with van der Waals surface area (Å²) in [5, 5.41) is 1.27. The van der Waals surface area contributed by atoms with Crippen LogP contribution in [0.1, 0.15) is 6.42 Å². The summed E-state index contributed by atoms with van der Waals surface area (Å²) in [6.45, 7) is 0.672. The van der Waals surface area contributed by atoms with Crippen molar-refractivity contribution in [3.63, 3.8) is 0 Å². The second kappa shape index (κ2) is 6.01. The number of anilines is 1. The van der Waals surface area contributed by atoms with E-state index in [2.05, 4.69) is 15.9 Å². The van der Waals surface area contributed by atoms with Crippen LogP contribution in [-0.2, 0) is 4.79 Å². The molecule has 0 spiro atoms. The average Bonchev–Trinajstić information content (AvgIpc) is 2.79. The van der Waals surface area contributed by atoms with Crippen LogP contribution < -0.4 is 14.4 Å². The number of nitrogens with zero attached hydrogens (tertiary/aromatic N) is 1. The second-order valence-corrected chi connectivity index (χ2v) is 5.44. The van der Waals surface area contributed by atoms with Gasteiger partial charge in [-0.25, -0.2) is 0 Å². The second-order valence-electron chi connectivity index (χ2n) is 4.39. The number of hydrogen-bond donors (Lipinski definition) is 0. The third kappa shape index (κ3) is 2.82. The molecule has 104 valence electrons. The van der Waals surface area contributed by atoms with Gasteiger partial charge in [-0.1, -0.05) is 27.5 Å². The SMILES string of the molecule is COc1cc(N2CC(CBr)CC2=O)c(OC)cc1Cl. The zero-order chi connectivity index (χ0) is 14.0. The molecule has 4 nitrogen and oxygen atoms in total. The van der Waals surface area contributed by atoms with Gasteiger partial charge in [0.05, 0.1) is 24.9 Å².